The van der Waals surface area contributed by atoms with E-state index in [0.717, 1.165) is 0 Å². The van der Waals surface area contributed by atoms with E-state index in [9.17, 15) is 9.59 Å². The van der Waals surface area contributed by atoms with Crippen LogP contribution >= 0.6 is 0 Å². The normalized spacial score (nSPS) is 9.78. The summed E-state index contributed by atoms with van der Waals surface area (Å²) in [6.07, 6.45) is 0.290. The van der Waals surface area contributed by atoms with E-state index in [2.05, 4.69) is 6.92 Å². The Morgan fingerprint density at radius 1 is 1.56 bits per heavy atom. The zero-order valence-corrected chi connectivity index (χ0v) is 5.81. The summed E-state index contributed by atoms with van der Waals surface area (Å²) in [6, 6.07) is 0. The van der Waals surface area contributed by atoms with Crippen molar-refractivity contribution < 1.29 is 9.59 Å². The van der Waals surface area contributed by atoms with Gasteiger partial charge in [0.15, 0.2) is 5.78 Å². The van der Waals surface area contributed by atoms with Gasteiger partial charge in [-0.05, 0) is 6.92 Å². The first-order valence-electron chi connectivity index (χ1n) is 2.99. The average Bonchev–Trinajstić information content (AvgIpc) is 1.84. The third-order valence-corrected chi connectivity index (χ3v) is 1.04. The van der Waals surface area contributed by atoms with Gasteiger partial charge >= 0.3 is 0 Å². The van der Waals surface area contributed by atoms with E-state index in [1.807, 2.05) is 0 Å². The first kappa shape index (κ1) is 8.34. The Morgan fingerprint density at radius 3 is 2.11 bits per heavy atom. The summed E-state index contributed by atoms with van der Waals surface area (Å²) in [5.41, 5.74) is 0. The lowest BCUT2D eigenvalue weighted by molar-refractivity contribution is -0.137. The van der Waals surface area contributed by atoms with Gasteiger partial charge in [0.1, 0.15) is 0 Å². The van der Waals surface area contributed by atoms with Gasteiger partial charge in [0.05, 0.1) is 0 Å². The molecule has 0 fully saturated rings. The first-order chi connectivity index (χ1) is 4.09. The summed E-state index contributed by atoms with van der Waals surface area (Å²) in [5.74, 6) is -1.08. The van der Waals surface area contributed by atoms with Crippen LogP contribution in [-0.2, 0) is 9.59 Å². The fourth-order valence-corrected chi connectivity index (χ4v) is 0.449. The van der Waals surface area contributed by atoms with Crippen molar-refractivity contribution in [3.8, 4) is 0 Å². The summed E-state index contributed by atoms with van der Waals surface area (Å²) < 4.78 is 0. The molecule has 0 aromatic carbocycles. The Bertz CT molecular complexity index is 125. The standard InChI is InChI=1S/C7H11O2/c1-4-6(8)7(9)5(2)3/h5H,2,4H2,1,3H3. The van der Waals surface area contributed by atoms with E-state index >= 15 is 0 Å². The summed E-state index contributed by atoms with van der Waals surface area (Å²) in [4.78, 5) is 21.2. The summed E-state index contributed by atoms with van der Waals surface area (Å²) in [5, 5.41) is 0. The maximum absolute atomic E-state index is 10.7. The van der Waals surface area contributed by atoms with E-state index in [1.54, 1.807) is 13.8 Å². The molecule has 9 heavy (non-hydrogen) atoms. The maximum Gasteiger partial charge on any atom is 0.201 e. The predicted molar refractivity (Wildman–Crippen MR) is 34.8 cm³/mol. The molecule has 1 radical (unpaired) electrons. The van der Waals surface area contributed by atoms with E-state index < -0.39 is 5.92 Å². The summed E-state index contributed by atoms with van der Waals surface area (Å²) in [6.45, 7) is 6.73. The van der Waals surface area contributed by atoms with Gasteiger partial charge in [0.2, 0.25) is 5.78 Å². The van der Waals surface area contributed by atoms with E-state index in [-0.39, 0.29) is 11.6 Å². The Balaban J connectivity index is 3.89. The van der Waals surface area contributed by atoms with E-state index in [1.165, 1.54) is 0 Å². The molecule has 2 heteroatoms. The highest BCUT2D eigenvalue weighted by Crippen LogP contribution is 1.96. The van der Waals surface area contributed by atoms with Gasteiger partial charge in [0, 0.05) is 12.3 Å². The van der Waals surface area contributed by atoms with Gasteiger partial charge in [-0.2, -0.15) is 0 Å². The lowest BCUT2D eigenvalue weighted by atomic mass is 10.0. The second-order valence-electron chi connectivity index (χ2n) is 2.04. The number of ketones is 2. The third kappa shape index (κ3) is 2.40. The van der Waals surface area contributed by atoms with Crippen LogP contribution < -0.4 is 0 Å². The molecule has 0 aliphatic rings. The minimum Gasteiger partial charge on any atom is -0.291 e. The fraction of sp³-hybridized carbons (Fsp3) is 0.571. The number of rotatable bonds is 3. The molecular formula is C7H11O2. The topological polar surface area (TPSA) is 34.1 Å². The average molecular weight is 127 g/mol. The molecule has 0 aliphatic carbocycles. The van der Waals surface area contributed by atoms with Crippen molar-refractivity contribution in [2.75, 3.05) is 0 Å². The smallest absolute Gasteiger partial charge is 0.201 e. The van der Waals surface area contributed by atoms with Crippen molar-refractivity contribution in [2.45, 2.75) is 20.3 Å². The molecule has 0 amide bonds. The highest BCUT2D eigenvalue weighted by molar-refractivity contribution is 6.37. The van der Waals surface area contributed by atoms with Crippen molar-refractivity contribution in [3.63, 3.8) is 0 Å². The molecule has 1 atom stereocenters. The molecule has 0 N–H and O–H groups in total. The summed E-state index contributed by atoms with van der Waals surface area (Å²) in [7, 11) is 0. The molecule has 2 nitrogen and oxygen atoms in total. The minimum absolute atomic E-state index is 0.290. The van der Waals surface area contributed by atoms with Gasteiger partial charge < -0.3 is 0 Å². The SMILES string of the molecule is [CH2]C(C)C(=O)C(=O)CC. The Labute approximate surface area is 55.3 Å². The molecule has 0 bridgehead atoms. The first-order valence-corrected chi connectivity index (χ1v) is 2.99. The molecule has 0 saturated heterocycles. The second kappa shape index (κ2) is 3.38. The highest BCUT2D eigenvalue weighted by atomic mass is 16.2. The van der Waals surface area contributed by atoms with Crippen LogP contribution in [0.15, 0.2) is 0 Å². The Morgan fingerprint density at radius 2 is 2.00 bits per heavy atom. The monoisotopic (exact) mass is 127 g/mol. The molecule has 0 saturated carbocycles. The van der Waals surface area contributed by atoms with Crippen LogP contribution in [0, 0.1) is 12.8 Å². The lowest BCUT2D eigenvalue weighted by Crippen LogP contribution is -2.18. The van der Waals surface area contributed by atoms with Crippen molar-refractivity contribution in [3.05, 3.63) is 6.92 Å². The van der Waals surface area contributed by atoms with Gasteiger partial charge in [-0.25, -0.2) is 0 Å². The molecule has 0 rings (SSSR count). The van der Waals surface area contributed by atoms with Crippen LogP contribution in [0.1, 0.15) is 20.3 Å². The molecule has 1 unspecified atom stereocenters. The van der Waals surface area contributed by atoms with Gasteiger partial charge in [0.25, 0.3) is 0 Å². The largest absolute Gasteiger partial charge is 0.291 e. The molecular weight excluding hydrogens is 116 g/mol. The third-order valence-electron chi connectivity index (χ3n) is 1.04. The fourth-order valence-electron chi connectivity index (χ4n) is 0.449. The van der Waals surface area contributed by atoms with Gasteiger partial charge in [-0.3, -0.25) is 9.59 Å². The number of Topliss-reactive ketones (excluding diaryl/α,β-unsaturated/α-hetero) is 2. The van der Waals surface area contributed by atoms with Gasteiger partial charge in [-0.1, -0.05) is 13.8 Å². The van der Waals surface area contributed by atoms with E-state index in [4.69, 9.17) is 0 Å². The molecule has 0 aliphatic heterocycles. The maximum atomic E-state index is 10.7. The van der Waals surface area contributed by atoms with Crippen molar-refractivity contribution in [1.29, 1.82) is 0 Å². The predicted octanol–water partition coefficient (Wildman–Crippen LogP) is 1.00. The number of carbonyl (C=O) groups excluding carboxylic acids is 2. The zero-order valence-electron chi connectivity index (χ0n) is 5.81. The van der Waals surface area contributed by atoms with Crippen LogP contribution in [0.4, 0.5) is 0 Å². The summed E-state index contributed by atoms with van der Waals surface area (Å²) >= 11 is 0. The van der Waals surface area contributed by atoms with Crippen molar-refractivity contribution in [1.82, 2.24) is 0 Å². The second-order valence-corrected chi connectivity index (χ2v) is 2.04. The van der Waals surface area contributed by atoms with Crippen molar-refractivity contribution in [2.24, 2.45) is 5.92 Å². The number of carbonyl (C=O) groups is 2. The molecule has 0 spiro atoms. The molecule has 0 aromatic rings. The van der Waals surface area contributed by atoms with Crippen LogP contribution in [0.3, 0.4) is 0 Å². The quantitative estimate of drug-likeness (QED) is 0.530. The molecule has 51 valence electrons. The number of hydrogen-bond donors (Lipinski definition) is 0. The zero-order chi connectivity index (χ0) is 7.44. The minimum atomic E-state index is -0.391. The Kier molecular flexibility index (Phi) is 3.13. The number of hydrogen-bond acceptors (Lipinski definition) is 2. The van der Waals surface area contributed by atoms with E-state index in [0.29, 0.717) is 6.42 Å². The lowest BCUT2D eigenvalue weighted by Gasteiger charge is -1.97. The molecule has 0 heterocycles. The highest BCUT2D eigenvalue weighted by Gasteiger charge is 2.14. The van der Waals surface area contributed by atoms with Crippen LogP contribution in [0.25, 0.3) is 0 Å². The molecule has 0 aromatic heterocycles. The van der Waals surface area contributed by atoms with Crippen LogP contribution in [0.5, 0.6) is 0 Å². The van der Waals surface area contributed by atoms with Gasteiger partial charge in [-0.15, -0.1) is 0 Å². The van der Waals surface area contributed by atoms with Crippen LogP contribution in [-0.4, -0.2) is 11.6 Å². The van der Waals surface area contributed by atoms with Crippen molar-refractivity contribution >= 4 is 11.6 Å². The van der Waals surface area contributed by atoms with Crippen LogP contribution in [0.2, 0.25) is 0 Å². The Hall–Kier alpha value is -0.660.